The van der Waals surface area contributed by atoms with Crippen LogP contribution < -0.4 is 0 Å². The average Bonchev–Trinajstić information content (AvgIpc) is 2.07. The molecule has 0 aliphatic rings. The van der Waals surface area contributed by atoms with Gasteiger partial charge in [0.15, 0.2) is 0 Å². The quantitative estimate of drug-likeness (QED) is 0.507. The summed E-state index contributed by atoms with van der Waals surface area (Å²) >= 11 is 0. The van der Waals surface area contributed by atoms with Crippen molar-refractivity contribution in [3.8, 4) is 0 Å². The highest BCUT2D eigenvalue weighted by Crippen LogP contribution is 2.32. The van der Waals surface area contributed by atoms with E-state index in [1.165, 1.54) is 12.1 Å². The molecule has 0 unspecified atom stereocenters. The zero-order valence-electron chi connectivity index (χ0n) is 7.22. The highest BCUT2D eigenvalue weighted by Gasteiger charge is 2.30. The molecule has 0 amide bonds. The van der Waals surface area contributed by atoms with Gasteiger partial charge in [-0.1, -0.05) is 6.07 Å². The van der Waals surface area contributed by atoms with Gasteiger partial charge in [0.1, 0.15) is 0 Å². The van der Waals surface area contributed by atoms with E-state index in [1.807, 2.05) is 0 Å². The number of nitrogens with zero attached hydrogens (tertiary/aromatic N) is 1. The molecule has 0 N–H and O–H groups in total. The lowest BCUT2D eigenvalue weighted by Gasteiger charge is -2.07. The van der Waals surface area contributed by atoms with Gasteiger partial charge in [-0.3, -0.25) is 0 Å². The van der Waals surface area contributed by atoms with E-state index in [-0.39, 0.29) is 5.69 Å². The molecule has 2 nitrogen and oxygen atoms in total. The molecule has 0 spiro atoms. The van der Waals surface area contributed by atoms with Gasteiger partial charge < -0.3 is 0 Å². The third-order valence-corrected chi connectivity index (χ3v) is 1.70. The molecule has 1 aromatic carbocycles. The van der Waals surface area contributed by atoms with Crippen molar-refractivity contribution in [3.63, 3.8) is 0 Å². The molecule has 0 aromatic heterocycles. The SMILES string of the molecule is Cc1ccc(C(F)(F)F)cc1N=C=O. The summed E-state index contributed by atoms with van der Waals surface area (Å²) in [5.41, 5.74) is -0.326. The Kier molecular flexibility index (Phi) is 2.72. The molecule has 0 saturated heterocycles. The highest BCUT2D eigenvalue weighted by atomic mass is 19.4. The molecular formula is C9H6F3NO. The third-order valence-electron chi connectivity index (χ3n) is 1.70. The van der Waals surface area contributed by atoms with Gasteiger partial charge in [-0.2, -0.15) is 18.2 Å². The van der Waals surface area contributed by atoms with E-state index >= 15 is 0 Å². The Morgan fingerprint density at radius 2 is 2.00 bits per heavy atom. The molecule has 14 heavy (non-hydrogen) atoms. The summed E-state index contributed by atoms with van der Waals surface area (Å²) < 4.78 is 36.6. The summed E-state index contributed by atoms with van der Waals surface area (Å²) in [6, 6.07) is 3.03. The van der Waals surface area contributed by atoms with Crippen molar-refractivity contribution in [2.45, 2.75) is 13.1 Å². The van der Waals surface area contributed by atoms with Gasteiger partial charge in [-0.25, -0.2) is 4.79 Å². The molecule has 0 aliphatic heterocycles. The molecule has 0 saturated carbocycles. The van der Waals surface area contributed by atoms with E-state index in [4.69, 9.17) is 0 Å². The Morgan fingerprint density at radius 1 is 1.36 bits per heavy atom. The summed E-state index contributed by atoms with van der Waals surface area (Å²) in [7, 11) is 0. The number of rotatable bonds is 1. The van der Waals surface area contributed by atoms with Crippen molar-refractivity contribution in [2.24, 2.45) is 4.99 Å². The van der Waals surface area contributed by atoms with E-state index in [0.29, 0.717) is 5.56 Å². The lowest BCUT2D eigenvalue weighted by molar-refractivity contribution is -0.137. The third kappa shape index (κ3) is 2.20. The number of halogens is 3. The minimum Gasteiger partial charge on any atom is -0.211 e. The average molecular weight is 201 g/mol. The van der Waals surface area contributed by atoms with E-state index in [9.17, 15) is 18.0 Å². The molecule has 5 heteroatoms. The number of isocyanates is 1. The van der Waals surface area contributed by atoms with Gasteiger partial charge in [0.25, 0.3) is 0 Å². The van der Waals surface area contributed by atoms with E-state index in [2.05, 4.69) is 4.99 Å². The van der Waals surface area contributed by atoms with Crippen molar-refractivity contribution in [2.75, 3.05) is 0 Å². The van der Waals surface area contributed by atoms with Gasteiger partial charge in [0.2, 0.25) is 6.08 Å². The van der Waals surface area contributed by atoms with Crippen LogP contribution in [0, 0.1) is 6.92 Å². The maximum Gasteiger partial charge on any atom is 0.416 e. The first-order valence-corrected chi connectivity index (χ1v) is 3.71. The number of aliphatic imine (C=N–C) groups is 1. The molecule has 0 bridgehead atoms. The van der Waals surface area contributed by atoms with Gasteiger partial charge in [-0.05, 0) is 24.6 Å². The maximum atomic E-state index is 12.2. The summed E-state index contributed by atoms with van der Waals surface area (Å²) in [6.45, 7) is 1.57. The smallest absolute Gasteiger partial charge is 0.211 e. The van der Waals surface area contributed by atoms with Crippen LogP contribution in [0.25, 0.3) is 0 Å². The predicted molar refractivity (Wildman–Crippen MR) is 44.0 cm³/mol. The van der Waals surface area contributed by atoms with Crippen LogP contribution in [0.15, 0.2) is 23.2 Å². The van der Waals surface area contributed by atoms with E-state index < -0.39 is 11.7 Å². The minimum absolute atomic E-state index is 0.00479. The highest BCUT2D eigenvalue weighted by molar-refractivity contribution is 5.54. The second kappa shape index (κ2) is 3.64. The zero-order chi connectivity index (χ0) is 10.8. The van der Waals surface area contributed by atoms with Crippen LogP contribution >= 0.6 is 0 Å². The lowest BCUT2D eigenvalue weighted by atomic mass is 10.1. The van der Waals surface area contributed by atoms with Gasteiger partial charge in [-0.15, -0.1) is 0 Å². The lowest BCUT2D eigenvalue weighted by Crippen LogP contribution is -2.04. The molecule has 0 atom stereocenters. The Hall–Kier alpha value is -1.61. The molecule has 0 heterocycles. The molecule has 0 fully saturated rings. The first kappa shape index (κ1) is 10.5. The normalized spacial score (nSPS) is 10.9. The Balaban J connectivity index is 3.26. The van der Waals surface area contributed by atoms with E-state index in [0.717, 1.165) is 12.1 Å². The summed E-state index contributed by atoms with van der Waals surface area (Å²) in [5, 5.41) is 0. The zero-order valence-corrected chi connectivity index (χ0v) is 7.22. The Labute approximate surface area is 78.1 Å². The van der Waals surface area contributed by atoms with Crippen LogP contribution in [0.2, 0.25) is 0 Å². The fraction of sp³-hybridized carbons (Fsp3) is 0.222. The monoisotopic (exact) mass is 201 g/mol. The van der Waals surface area contributed by atoms with Crippen LogP contribution in [0.5, 0.6) is 0 Å². The van der Waals surface area contributed by atoms with Crippen LogP contribution in [-0.2, 0) is 11.0 Å². The molecule has 1 aromatic rings. The topological polar surface area (TPSA) is 29.4 Å². The van der Waals surface area contributed by atoms with Gasteiger partial charge in [0, 0.05) is 0 Å². The van der Waals surface area contributed by atoms with Crippen molar-refractivity contribution in [3.05, 3.63) is 29.3 Å². The Bertz CT molecular complexity index is 392. The van der Waals surface area contributed by atoms with Crippen molar-refractivity contribution >= 4 is 11.8 Å². The fourth-order valence-corrected chi connectivity index (χ4v) is 0.955. The largest absolute Gasteiger partial charge is 0.416 e. The van der Waals surface area contributed by atoms with Crippen LogP contribution in [0.3, 0.4) is 0 Å². The number of hydrogen-bond donors (Lipinski definition) is 0. The molecule has 0 radical (unpaired) electrons. The maximum absolute atomic E-state index is 12.2. The second-order valence-electron chi connectivity index (χ2n) is 2.70. The number of aryl methyl sites for hydroxylation is 1. The van der Waals surface area contributed by atoms with Crippen LogP contribution in [0.1, 0.15) is 11.1 Å². The first-order valence-electron chi connectivity index (χ1n) is 3.71. The molecule has 74 valence electrons. The molecule has 0 aliphatic carbocycles. The summed E-state index contributed by atoms with van der Waals surface area (Å²) in [5.74, 6) is 0. The molecular weight excluding hydrogens is 195 g/mol. The van der Waals surface area contributed by atoms with Gasteiger partial charge in [0.05, 0.1) is 11.3 Å². The number of carbonyl (C=O) groups excluding carboxylic acids is 1. The van der Waals surface area contributed by atoms with Crippen LogP contribution in [-0.4, -0.2) is 6.08 Å². The van der Waals surface area contributed by atoms with Crippen molar-refractivity contribution in [1.29, 1.82) is 0 Å². The molecule has 1 rings (SSSR count). The summed E-state index contributed by atoms with van der Waals surface area (Å²) in [4.78, 5) is 13.1. The van der Waals surface area contributed by atoms with Crippen LogP contribution in [0.4, 0.5) is 18.9 Å². The Morgan fingerprint density at radius 3 is 2.50 bits per heavy atom. The number of hydrogen-bond acceptors (Lipinski definition) is 2. The van der Waals surface area contributed by atoms with Gasteiger partial charge >= 0.3 is 6.18 Å². The first-order chi connectivity index (χ1) is 6.45. The second-order valence-corrected chi connectivity index (χ2v) is 2.70. The fourth-order valence-electron chi connectivity index (χ4n) is 0.955. The number of benzene rings is 1. The number of alkyl halides is 3. The van der Waals surface area contributed by atoms with Crippen molar-refractivity contribution in [1.82, 2.24) is 0 Å². The van der Waals surface area contributed by atoms with Crippen molar-refractivity contribution < 1.29 is 18.0 Å². The summed E-state index contributed by atoms with van der Waals surface area (Å²) in [6.07, 6.45) is -3.20. The van der Waals surface area contributed by atoms with E-state index in [1.54, 1.807) is 6.92 Å². The minimum atomic E-state index is -4.42. The predicted octanol–water partition coefficient (Wildman–Crippen LogP) is 2.98. The standard InChI is InChI=1S/C9H6F3NO/c1-6-2-3-7(9(10,11)12)4-8(6)13-5-14/h2-4H,1H3.